The predicted molar refractivity (Wildman–Crippen MR) is 57.2 cm³/mol. The first-order valence-electron chi connectivity index (χ1n) is 5.18. The van der Waals surface area contributed by atoms with Gasteiger partial charge in [0.05, 0.1) is 11.1 Å². The van der Waals surface area contributed by atoms with Crippen LogP contribution in [0, 0.1) is 0 Å². The molecule has 1 aromatic heterocycles. The lowest BCUT2D eigenvalue weighted by Gasteiger charge is -2.33. The fourth-order valence-electron chi connectivity index (χ4n) is 2.13. The molecule has 0 radical (unpaired) electrons. The zero-order chi connectivity index (χ0) is 10.7. The number of hydrogen-bond acceptors (Lipinski definition) is 3. The van der Waals surface area contributed by atoms with E-state index in [1.54, 1.807) is 6.20 Å². The van der Waals surface area contributed by atoms with Gasteiger partial charge in [-0.2, -0.15) is 0 Å². The largest absolute Gasteiger partial charge is 0.369 e. The quantitative estimate of drug-likeness (QED) is 0.724. The molecule has 4 nitrogen and oxygen atoms in total. The van der Waals surface area contributed by atoms with Crippen LogP contribution >= 0.6 is 0 Å². The van der Waals surface area contributed by atoms with Crippen LogP contribution in [0.5, 0.6) is 0 Å². The van der Waals surface area contributed by atoms with Crippen molar-refractivity contribution in [3.05, 3.63) is 30.1 Å². The van der Waals surface area contributed by atoms with Gasteiger partial charge in [0.1, 0.15) is 0 Å². The molecule has 1 fully saturated rings. The minimum absolute atomic E-state index is 0.261. The Kier molecular flexibility index (Phi) is 2.68. The van der Waals surface area contributed by atoms with E-state index in [9.17, 15) is 4.79 Å². The summed E-state index contributed by atoms with van der Waals surface area (Å²) in [5.74, 6) is -0.261. The fraction of sp³-hybridized carbons (Fsp3) is 0.455. The summed E-state index contributed by atoms with van der Waals surface area (Å²) in [6, 6.07) is 5.63. The third-order valence-electron chi connectivity index (χ3n) is 3.08. The van der Waals surface area contributed by atoms with Crippen LogP contribution in [0.2, 0.25) is 0 Å². The Morgan fingerprint density at radius 1 is 1.40 bits per heavy atom. The van der Waals surface area contributed by atoms with Gasteiger partial charge in [0.15, 0.2) is 0 Å². The van der Waals surface area contributed by atoms with E-state index in [-0.39, 0.29) is 5.91 Å². The van der Waals surface area contributed by atoms with Crippen LogP contribution < -0.4 is 11.1 Å². The zero-order valence-corrected chi connectivity index (χ0v) is 8.57. The molecule has 1 amide bonds. The van der Waals surface area contributed by atoms with Gasteiger partial charge in [-0.25, -0.2) is 0 Å². The summed E-state index contributed by atoms with van der Waals surface area (Å²) in [6.07, 6.45) is 3.18. The van der Waals surface area contributed by atoms with E-state index in [1.807, 2.05) is 18.2 Å². The number of carbonyl (C=O) groups is 1. The second kappa shape index (κ2) is 3.98. The molecule has 0 unspecified atom stereocenters. The average molecular weight is 205 g/mol. The fourth-order valence-corrected chi connectivity index (χ4v) is 2.13. The monoisotopic (exact) mass is 205 g/mol. The van der Waals surface area contributed by atoms with Gasteiger partial charge in [0.2, 0.25) is 5.91 Å². The number of piperidine rings is 1. The summed E-state index contributed by atoms with van der Waals surface area (Å²) in [6.45, 7) is 1.64. The molecule has 4 heteroatoms. The SMILES string of the molecule is NC(=O)C1(c2ccccn2)CCNCC1. The van der Waals surface area contributed by atoms with Crippen LogP contribution in [0.3, 0.4) is 0 Å². The summed E-state index contributed by atoms with van der Waals surface area (Å²) in [5.41, 5.74) is 5.77. The van der Waals surface area contributed by atoms with Crippen LogP contribution in [0.15, 0.2) is 24.4 Å². The molecule has 2 rings (SSSR count). The van der Waals surface area contributed by atoms with E-state index in [1.165, 1.54) is 0 Å². The van der Waals surface area contributed by atoms with Gasteiger partial charge in [-0.05, 0) is 38.1 Å². The van der Waals surface area contributed by atoms with Crippen LogP contribution in [0.4, 0.5) is 0 Å². The van der Waals surface area contributed by atoms with Crippen LogP contribution in [-0.2, 0) is 10.2 Å². The number of nitrogens with one attached hydrogen (secondary N) is 1. The van der Waals surface area contributed by atoms with Gasteiger partial charge in [-0.15, -0.1) is 0 Å². The Morgan fingerprint density at radius 2 is 2.13 bits per heavy atom. The second-order valence-electron chi connectivity index (χ2n) is 3.91. The van der Waals surface area contributed by atoms with Crippen molar-refractivity contribution in [2.45, 2.75) is 18.3 Å². The molecule has 1 saturated heterocycles. The summed E-state index contributed by atoms with van der Waals surface area (Å²) in [4.78, 5) is 15.9. The van der Waals surface area contributed by atoms with Crippen molar-refractivity contribution in [3.63, 3.8) is 0 Å². The number of amides is 1. The van der Waals surface area contributed by atoms with E-state index in [4.69, 9.17) is 5.73 Å². The molecule has 1 aromatic rings. The molecule has 0 aliphatic carbocycles. The molecular weight excluding hydrogens is 190 g/mol. The van der Waals surface area contributed by atoms with E-state index in [0.29, 0.717) is 0 Å². The number of nitrogens with two attached hydrogens (primary N) is 1. The Morgan fingerprint density at radius 3 is 2.67 bits per heavy atom. The first kappa shape index (κ1) is 10.1. The summed E-state index contributed by atoms with van der Waals surface area (Å²) in [7, 11) is 0. The molecule has 0 saturated carbocycles. The highest BCUT2D eigenvalue weighted by Crippen LogP contribution is 2.31. The molecule has 0 aromatic carbocycles. The van der Waals surface area contributed by atoms with E-state index in [0.717, 1.165) is 31.6 Å². The first-order chi connectivity index (χ1) is 7.26. The molecule has 80 valence electrons. The van der Waals surface area contributed by atoms with Crippen molar-refractivity contribution >= 4 is 5.91 Å². The van der Waals surface area contributed by atoms with Gasteiger partial charge in [-0.1, -0.05) is 6.07 Å². The Hall–Kier alpha value is -1.42. The molecule has 0 atom stereocenters. The normalized spacial score (nSPS) is 19.7. The van der Waals surface area contributed by atoms with Crippen molar-refractivity contribution in [3.8, 4) is 0 Å². The van der Waals surface area contributed by atoms with Gasteiger partial charge in [0, 0.05) is 6.20 Å². The Bertz CT molecular complexity index is 344. The van der Waals surface area contributed by atoms with Crippen molar-refractivity contribution in [2.75, 3.05) is 13.1 Å². The smallest absolute Gasteiger partial charge is 0.229 e. The van der Waals surface area contributed by atoms with Crippen LogP contribution in [0.1, 0.15) is 18.5 Å². The van der Waals surface area contributed by atoms with Crippen LogP contribution in [0.25, 0.3) is 0 Å². The summed E-state index contributed by atoms with van der Waals surface area (Å²) < 4.78 is 0. The van der Waals surface area contributed by atoms with Crippen molar-refractivity contribution in [1.29, 1.82) is 0 Å². The maximum atomic E-state index is 11.6. The Labute approximate surface area is 88.9 Å². The number of carbonyl (C=O) groups excluding carboxylic acids is 1. The van der Waals surface area contributed by atoms with Gasteiger partial charge < -0.3 is 11.1 Å². The molecular formula is C11H15N3O. The maximum absolute atomic E-state index is 11.6. The highest BCUT2D eigenvalue weighted by Gasteiger charge is 2.40. The second-order valence-corrected chi connectivity index (χ2v) is 3.91. The van der Waals surface area contributed by atoms with Gasteiger partial charge in [-0.3, -0.25) is 9.78 Å². The van der Waals surface area contributed by atoms with E-state index < -0.39 is 5.41 Å². The lowest BCUT2D eigenvalue weighted by molar-refractivity contribution is -0.124. The average Bonchev–Trinajstić information content (AvgIpc) is 2.31. The number of nitrogens with zero attached hydrogens (tertiary/aromatic N) is 1. The lowest BCUT2D eigenvalue weighted by Crippen LogP contribution is -2.49. The number of aromatic nitrogens is 1. The molecule has 3 N–H and O–H groups in total. The highest BCUT2D eigenvalue weighted by atomic mass is 16.1. The molecule has 0 spiro atoms. The summed E-state index contributed by atoms with van der Waals surface area (Å²) in [5, 5.41) is 3.23. The van der Waals surface area contributed by atoms with E-state index in [2.05, 4.69) is 10.3 Å². The first-order valence-corrected chi connectivity index (χ1v) is 5.18. The number of pyridine rings is 1. The van der Waals surface area contributed by atoms with Crippen LogP contribution in [-0.4, -0.2) is 24.0 Å². The predicted octanol–water partition coefficient (Wildman–Crippen LogP) is 0.188. The van der Waals surface area contributed by atoms with E-state index >= 15 is 0 Å². The molecule has 1 aliphatic rings. The molecule has 0 bridgehead atoms. The van der Waals surface area contributed by atoms with Crippen molar-refractivity contribution in [1.82, 2.24) is 10.3 Å². The number of hydrogen-bond donors (Lipinski definition) is 2. The maximum Gasteiger partial charge on any atom is 0.229 e. The van der Waals surface area contributed by atoms with Gasteiger partial charge >= 0.3 is 0 Å². The standard InChI is InChI=1S/C11H15N3O/c12-10(15)11(4-7-13-8-5-11)9-3-1-2-6-14-9/h1-3,6,13H,4-5,7-8H2,(H2,12,15). The third-order valence-corrected chi connectivity index (χ3v) is 3.08. The topological polar surface area (TPSA) is 68.0 Å². The third kappa shape index (κ3) is 1.72. The molecule has 2 heterocycles. The minimum Gasteiger partial charge on any atom is -0.369 e. The van der Waals surface area contributed by atoms with Crippen molar-refractivity contribution in [2.24, 2.45) is 5.73 Å². The van der Waals surface area contributed by atoms with Gasteiger partial charge in [0.25, 0.3) is 0 Å². The molecule has 1 aliphatic heterocycles. The lowest BCUT2D eigenvalue weighted by atomic mass is 9.75. The van der Waals surface area contributed by atoms with Crippen molar-refractivity contribution < 1.29 is 4.79 Å². The number of primary amides is 1. The number of rotatable bonds is 2. The highest BCUT2D eigenvalue weighted by molar-refractivity contribution is 5.86. The minimum atomic E-state index is -0.563. The summed E-state index contributed by atoms with van der Waals surface area (Å²) >= 11 is 0. The molecule has 15 heavy (non-hydrogen) atoms. The Balaban J connectivity index is 2.38. The zero-order valence-electron chi connectivity index (χ0n) is 8.57.